The SMILES string of the molecule is CC(C)Cc1nc2cncnc2c(=O)o1. The number of hydrogen-bond acceptors (Lipinski definition) is 5. The van der Waals surface area contributed by atoms with Crippen molar-refractivity contribution in [2.75, 3.05) is 0 Å². The van der Waals surface area contributed by atoms with Crippen LogP contribution in [0.1, 0.15) is 19.7 Å². The first-order valence-electron chi connectivity index (χ1n) is 4.76. The normalized spacial score (nSPS) is 11.1. The second kappa shape index (κ2) is 3.76. The standard InChI is InChI=1S/C10H11N3O2/c1-6(2)3-8-13-7-4-11-5-12-9(7)10(14)15-8/h4-6H,3H2,1-2H3. The van der Waals surface area contributed by atoms with Crippen LogP contribution < -0.4 is 5.63 Å². The fraction of sp³-hybridized carbons (Fsp3) is 0.400. The molecule has 0 spiro atoms. The van der Waals surface area contributed by atoms with Crippen LogP contribution in [0.5, 0.6) is 0 Å². The molecule has 5 nitrogen and oxygen atoms in total. The Morgan fingerprint density at radius 3 is 3.00 bits per heavy atom. The maximum absolute atomic E-state index is 11.5. The maximum Gasteiger partial charge on any atom is 0.365 e. The highest BCUT2D eigenvalue weighted by Gasteiger charge is 2.08. The van der Waals surface area contributed by atoms with Crippen molar-refractivity contribution < 1.29 is 4.42 Å². The van der Waals surface area contributed by atoms with Crippen LogP contribution in [0.3, 0.4) is 0 Å². The van der Waals surface area contributed by atoms with Gasteiger partial charge in [-0.25, -0.2) is 19.7 Å². The van der Waals surface area contributed by atoms with Gasteiger partial charge in [0.15, 0.2) is 11.4 Å². The molecule has 2 heterocycles. The molecule has 0 aromatic carbocycles. The Balaban J connectivity index is 2.57. The Bertz CT molecular complexity index is 533. The number of rotatable bonds is 2. The average molecular weight is 205 g/mol. The third-order valence-corrected chi connectivity index (χ3v) is 1.92. The summed E-state index contributed by atoms with van der Waals surface area (Å²) >= 11 is 0. The Kier molecular flexibility index (Phi) is 2.45. The van der Waals surface area contributed by atoms with Gasteiger partial charge in [0.1, 0.15) is 11.8 Å². The molecule has 0 fully saturated rings. The highest BCUT2D eigenvalue weighted by Crippen LogP contribution is 2.07. The highest BCUT2D eigenvalue weighted by atomic mass is 16.4. The predicted molar refractivity (Wildman–Crippen MR) is 54.4 cm³/mol. The molecule has 78 valence electrons. The summed E-state index contributed by atoms with van der Waals surface area (Å²) in [6.07, 6.45) is 3.46. The van der Waals surface area contributed by atoms with Gasteiger partial charge in [0.2, 0.25) is 0 Å². The number of nitrogens with zero attached hydrogens (tertiary/aromatic N) is 3. The van der Waals surface area contributed by atoms with Crippen molar-refractivity contribution in [3.8, 4) is 0 Å². The highest BCUT2D eigenvalue weighted by molar-refractivity contribution is 5.70. The van der Waals surface area contributed by atoms with Crippen LogP contribution in [0, 0.1) is 5.92 Å². The largest absolute Gasteiger partial charge is 0.407 e. The van der Waals surface area contributed by atoms with E-state index in [9.17, 15) is 4.79 Å². The molecule has 0 saturated carbocycles. The number of hydrogen-bond donors (Lipinski definition) is 0. The Labute approximate surface area is 86.2 Å². The molecule has 0 radical (unpaired) electrons. The molecule has 2 aromatic heterocycles. The molecule has 2 rings (SSSR count). The smallest absolute Gasteiger partial charge is 0.365 e. The van der Waals surface area contributed by atoms with Crippen LogP contribution >= 0.6 is 0 Å². The van der Waals surface area contributed by atoms with Crippen LogP contribution in [0.4, 0.5) is 0 Å². The van der Waals surface area contributed by atoms with Gasteiger partial charge in [0, 0.05) is 6.42 Å². The molecule has 0 atom stereocenters. The van der Waals surface area contributed by atoms with Crippen molar-refractivity contribution in [2.45, 2.75) is 20.3 Å². The van der Waals surface area contributed by atoms with E-state index in [1.54, 1.807) is 0 Å². The first kappa shape index (κ1) is 9.76. The topological polar surface area (TPSA) is 68.9 Å². The predicted octanol–water partition coefficient (Wildman–Crippen LogP) is 1.18. The molecule has 0 aliphatic carbocycles. The Morgan fingerprint density at radius 2 is 2.27 bits per heavy atom. The van der Waals surface area contributed by atoms with Crippen LogP contribution in [0.15, 0.2) is 21.7 Å². The minimum Gasteiger partial charge on any atom is -0.407 e. The Hall–Kier alpha value is -1.78. The quantitative estimate of drug-likeness (QED) is 0.736. The van der Waals surface area contributed by atoms with Gasteiger partial charge >= 0.3 is 5.63 Å². The lowest BCUT2D eigenvalue weighted by Gasteiger charge is -2.02. The van der Waals surface area contributed by atoms with E-state index in [0.29, 0.717) is 23.7 Å². The molecule has 0 N–H and O–H groups in total. The van der Waals surface area contributed by atoms with Crippen LogP contribution in [0.2, 0.25) is 0 Å². The zero-order chi connectivity index (χ0) is 10.8. The third-order valence-electron chi connectivity index (χ3n) is 1.92. The van der Waals surface area contributed by atoms with Crippen LogP contribution in [-0.2, 0) is 6.42 Å². The fourth-order valence-electron chi connectivity index (χ4n) is 1.31. The van der Waals surface area contributed by atoms with Gasteiger partial charge in [0.25, 0.3) is 0 Å². The lowest BCUT2D eigenvalue weighted by atomic mass is 10.1. The van der Waals surface area contributed by atoms with Gasteiger partial charge in [-0.05, 0) is 5.92 Å². The first-order chi connectivity index (χ1) is 7.16. The summed E-state index contributed by atoms with van der Waals surface area (Å²) < 4.78 is 5.04. The summed E-state index contributed by atoms with van der Waals surface area (Å²) in [5, 5.41) is 0. The lowest BCUT2D eigenvalue weighted by molar-refractivity contribution is 0.416. The minimum absolute atomic E-state index is 0.234. The van der Waals surface area contributed by atoms with Crippen LogP contribution in [-0.4, -0.2) is 15.0 Å². The second-order valence-electron chi connectivity index (χ2n) is 3.75. The summed E-state index contributed by atoms with van der Waals surface area (Å²) in [6.45, 7) is 4.07. The zero-order valence-electron chi connectivity index (χ0n) is 8.60. The van der Waals surface area contributed by atoms with Crippen LogP contribution in [0.25, 0.3) is 11.0 Å². The maximum atomic E-state index is 11.5. The lowest BCUT2D eigenvalue weighted by Crippen LogP contribution is -2.08. The molecular formula is C10H11N3O2. The monoisotopic (exact) mass is 205 g/mol. The van der Waals surface area contributed by atoms with Crippen molar-refractivity contribution in [1.29, 1.82) is 0 Å². The molecule has 0 saturated heterocycles. The van der Waals surface area contributed by atoms with Crippen molar-refractivity contribution in [1.82, 2.24) is 15.0 Å². The van der Waals surface area contributed by atoms with E-state index in [0.717, 1.165) is 0 Å². The van der Waals surface area contributed by atoms with E-state index in [1.165, 1.54) is 12.5 Å². The van der Waals surface area contributed by atoms with E-state index in [4.69, 9.17) is 4.42 Å². The molecule has 2 aromatic rings. The van der Waals surface area contributed by atoms with Crippen molar-refractivity contribution >= 4 is 11.0 Å². The zero-order valence-corrected chi connectivity index (χ0v) is 8.60. The van der Waals surface area contributed by atoms with E-state index in [-0.39, 0.29) is 5.52 Å². The van der Waals surface area contributed by atoms with E-state index < -0.39 is 5.63 Å². The van der Waals surface area contributed by atoms with Gasteiger partial charge in [-0.2, -0.15) is 0 Å². The summed E-state index contributed by atoms with van der Waals surface area (Å²) in [5.74, 6) is 0.833. The number of fused-ring (bicyclic) bond motifs is 1. The molecule has 15 heavy (non-hydrogen) atoms. The summed E-state index contributed by atoms with van der Waals surface area (Å²) in [6, 6.07) is 0. The molecule has 0 aliphatic heterocycles. The summed E-state index contributed by atoms with van der Waals surface area (Å²) in [5.41, 5.74) is 0.278. The third kappa shape index (κ3) is 2.01. The van der Waals surface area contributed by atoms with Gasteiger partial charge < -0.3 is 4.42 Å². The molecule has 0 aliphatic rings. The fourth-order valence-corrected chi connectivity index (χ4v) is 1.31. The summed E-state index contributed by atoms with van der Waals surface area (Å²) in [4.78, 5) is 23.3. The molecule has 5 heteroatoms. The minimum atomic E-state index is -0.446. The molecule has 0 unspecified atom stereocenters. The number of aromatic nitrogens is 3. The first-order valence-corrected chi connectivity index (χ1v) is 4.76. The van der Waals surface area contributed by atoms with Crippen molar-refractivity contribution in [2.24, 2.45) is 5.92 Å². The van der Waals surface area contributed by atoms with E-state index in [2.05, 4.69) is 15.0 Å². The Morgan fingerprint density at radius 1 is 1.47 bits per heavy atom. The molecule has 0 bridgehead atoms. The summed E-state index contributed by atoms with van der Waals surface area (Å²) in [7, 11) is 0. The van der Waals surface area contributed by atoms with Gasteiger partial charge in [-0.15, -0.1) is 0 Å². The van der Waals surface area contributed by atoms with E-state index in [1.807, 2.05) is 13.8 Å². The van der Waals surface area contributed by atoms with E-state index >= 15 is 0 Å². The van der Waals surface area contributed by atoms with Crippen molar-refractivity contribution in [3.05, 3.63) is 28.8 Å². The average Bonchev–Trinajstić information content (AvgIpc) is 2.16. The van der Waals surface area contributed by atoms with Gasteiger partial charge in [0.05, 0.1) is 6.20 Å². The van der Waals surface area contributed by atoms with Gasteiger partial charge in [-0.1, -0.05) is 13.8 Å². The second-order valence-corrected chi connectivity index (χ2v) is 3.75. The van der Waals surface area contributed by atoms with Gasteiger partial charge in [-0.3, -0.25) is 0 Å². The molecule has 0 amide bonds. The molecular weight excluding hydrogens is 194 g/mol. The van der Waals surface area contributed by atoms with Crippen molar-refractivity contribution in [3.63, 3.8) is 0 Å².